The van der Waals surface area contributed by atoms with Gasteiger partial charge in [-0.15, -0.1) is 0 Å². The molecule has 0 saturated carbocycles. The highest BCUT2D eigenvalue weighted by atomic mass is 16.5. The molecule has 1 atom stereocenters. The Morgan fingerprint density at radius 3 is 2.21 bits per heavy atom. The summed E-state index contributed by atoms with van der Waals surface area (Å²) in [6.07, 6.45) is 8.01. The van der Waals surface area contributed by atoms with Gasteiger partial charge in [0, 0.05) is 5.41 Å². The first-order valence-corrected chi connectivity index (χ1v) is 8.05. The molecule has 2 N–H and O–H groups in total. The summed E-state index contributed by atoms with van der Waals surface area (Å²) in [6, 6.07) is 0. The zero-order valence-corrected chi connectivity index (χ0v) is 13.2. The monoisotopic (exact) mass is 268 g/mol. The molecule has 3 nitrogen and oxygen atoms in total. The topological polar surface area (TPSA) is 53.1 Å². The maximum atomic E-state index is 5.48. The average Bonchev–Trinajstić information content (AvgIpc) is 3.01. The van der Waals surface area contributed by atoms with Crippen molar-refractivity contribution >= 4 is 0 Å². The quantitative estimate of drug-likeness (QED) is 0.630. The molecule has 1 unspecified atom stereocenters. The van der Waals surface area contributed by atoms with Gasteiger partial charge in [-0.1, -0.05) is 33.6 Å². The van der Waals surface area contributed by atoms with Crippen LogP contribution in [-0.2, 0) is 4.74 Å². The molecule has 0 aromatic carbocycles. The van der Waals surface area contributed by atoms with Crippen molar-refractivity contribution in [2.75, 3.05) is 13.2 Å². The Kier molecular flexibility index (Phi) is 4.91. The first-order chi connectivity index (χ1) is 8.93. The van der Waals surface area contributed by atoms with E-state index in [1.54, 1.807) is 0 Å². The molecule has 0 aromatic rings. The molecule has 2 rings (SSSR count). The lowest BCUT2D eigenvalue weighted by molar-refractivity contribution is -0.128. The Balaban J connectivity index is 1.59. The predicted octanol–water partition coefficient (Wildman–Crippen LogP) is 3.46. The van der Waals surface area contributed by atoms with Crippen LogP contribution in [0.5, 0.6) is 0 Å². The Morgan fingerprint density at radius 2 is 1.74 bits per heavy atom. The van der Waals surface area contributed by atoms with Crippen molar-refractivity contribution in [1.29, 1.82) is 0 Å². The number of hydrazine groups is 1. The summed E-state index contributed by atoms with van der Waals surface area (Å²) < 4.78 is 5.48. The third-order valence-corrected chi connectivity index (χ3v) is 4.75. The number of hydrogen-bond acceptors (Lipinski definition) is 3. The maximum absolute atomic E-state index is 5.48. The predicted molar refractivity (Wildman–Crippen MR) is 79.6 cm³/mol. The van der Waals surface area contributed by atoms with Gasteiger partial charge in [0.25, 0.3) is 0 Å². The third kappa shape index (κ3) is 4.73. The summed E-state index contributed by atoms with van der Waals surface area (Å²) in [5, 5.41) is 0. The fraction of sp³-hybridized carbons (Fsp3) is 1.00. The van der Waals surface area contributed by atoms with E-state index in [1.165, 1.54) is 38.5 Å². The van der Waals surface area contributed by atoms with Gasteiger partial charge in [-0.05, 0) is 44.4 Å². The van der Waals surface area contributed by atoms with Crippen LogP contribution in [-0.4, -0.2) is 18.9 Å². The molecule has 2 aliphatic rings. The van der Waals surface area contributed by atoms with Crippen LogP contribution in [0.3, 0.4) is 0 Å². The first-order valence-electron chi connectivity index (χ1n) is 8.05. The Bertz CT molecular complexity index is 282. The third-order valence-electron chi connectivity index (χ3n) is 4.75. The maximum Gasteiger partial charge on any atom is 0.0915 e. The number of hydrogen-bond donors (Lipinski definition) is 2. The second-order valence-corrected chi connectivity index (χ2v) is 7.71. The van der Waals surface area contributed by atoms with Crippen LogP contribution in [0, 0.1) is 17.3 Å². The Hall–Kier alpha value is -0.120. The molecule has 2 fully saturated rings. The molecular weight excluding hydrogens is 236 g/mol. The summed E-state index contributed by atoms with van der Waals surface area (Å²) in [7, 11) is 0. The van der Waals surface area contributed by atoms with Gasteiger partial charge >= 0.3 is 0 Å². The van der Waals surface area contributed by atoms with Crippen LogP contribution in [0.25, 0.3) is 0 Å². The van der Waals surface area contributed by atoms with Gasteiger partial charge < -0.3 is 4.74 Å². The Labute approximate surface area is 118 Å². The molecule has 3 heteroatoms. The van der Waals surface area contributed by atoms with Gasteiger partial charge in [-0.25, -0.2) is 10.9 Å². The van der Waals surface area contributed by atoms with Gasteiger partial charge in [0.05, 0.1) is 18.9 Å². The largest absolute Gasteiger partial charge is 0.380 e. The smallest absolute Gasteiger partial charge is 0.0915 e. The fourth-order valence-electron chi connectivity index (χ4n) is 3.36. The van der Waals surface area contributed by atoms with Crippen molar-refractivity contribution in [2.24, 2.45) is 17.3 Å². The number of nitrogens with one attached hydrogen (secondary N) is 2. The molecule has 0 amide bonds. The summed E-state index contributed by atoms with van der Waals surface area (Å²) in [5.41, 5.74) is 7.21. The standard InChI is InChI=1S/C16H32N2O/c1-13(2)10-16(11-19-12-16)8-5-6-14(3)7-9-15(4)17-18-15/h13-14,17-18H,5-12H2,1-4H3. The molecule has 0 spiro atoms. The van der Waals surface area contributed by atoms with E-state index in [2.05, 4.69) is 38.5 Å². The van der Waals surface area contributed by atoms with E-state index in [0.717, 1.165) is 25.0 Å². The van der Waals surface area contributed by atoms with E-state index in [0.29, 0.717) is 5.41 Å². The molecule has 2 heterocycles. The summed E-state index contributed by atoms with van der Waals surface area (Å²) in [4.78, 5) is 0. The van der Waals surface area contributed by atoms with Crippen LogP contribution >= 0.6 is 0 Å². The molecule has 112 valence electrons. The normalized spacial score (nSPS) is 25.1. The second-order valence-electron chi connectivity index (χ2n) is 7.71. The van der Waals surface area contributed by atoms with Gasteiger partial charge in [-0.2, -0.15) is 0 Å². The van der Waals surface area contributed by atoms with E-state index >= 15 is 0 Å². The van der Waals surface area contributed by atoms with Crippen molar-refractivity contribution < 1.29 is 4.74 Å². The molecule has 0 bridgehead atoms. The minimum absolute atomic E-state index is 0.245. The Morgan fingerprint density at radius 1 is 1.05 bits per heavy atom. The second kappa shape index (κ2) is 6.11. The van der Waals surface area contributed by atoms with Gasteiger partial charge in [0.1, 0.15) is 0 Å². The number of ether oxygens (including phenoxy) is 1. The molecule has 0 aromatic heterocycles. The highest BCUT2D eigenvalue weighted by molar-refractivity contribution is 4.89. The zero-order chi connectivity index (χ0) is 13.9. The van der Waals surface area contributed by atoms with Crippen LogP contribution < -0.4 is 10.9 Å². The molecule has 2 saturated heterocycles. The van der Waals surface area contributed by atoms with E-state index < -0.39 is 0 Å². The molecular formula is C16H32N2O. The summed E-state index contributed by atoms with van der Waals surface area (Å²) in [6.45, 7) is 11.3. The summed E-state index contributed by atoms with van der Waals surface area (Å²) >= 11 is 0. The van der Waals surface area contributed by atoms with E-state index in [1.807, 2.05) is 0 Å². The lowest BCUT2D eigenvalue weighted by Crippen LogP contribution is -2.43. The minimum atomic E-state index is 0.245. The van der Waals surface area contributed by atoms with E-state index in [-0.39, 0.29) is 5.66 Å². The van der Waals surface area contributed by atoms with Gasteiger partial charge in [0.15, 0.2) is 0 Å². The van der Waals surface area contributed by atoms with Crippen molar-refractivity contribution in [3.63, 3.8) is 0 Å². The van der Waals surface area contributed by atoms with Crippen LogP contribution in [0.4, 0.5) is 0 Å². The average molecular weight is 268 g/mol. The van der Waals surface area contributed by atoms with E-state index in [9.17, 15) is 0 Å². The minimum Gasteiger partial charge on any atom is -0.380 e. The molecule has 2 aliphatic heterocycles. The van der Waals surface area contributed by atoms with Crippen LogP contribution in [0.2, 0.25) is 0 Å². The highest BCUT2D eigenvalue weighted by Gasteiger charge is 2.38. The van der Waals surface area contributed by atoms with E-state index in [4.69, 9.17) is 4.74 Å². The van der Waals surface area contributed by atoms with Gasteiger partial charge in [0.2, 0.25) is 0 Å². The molecule has 0 radical (unpaired) electrons. The van der Waals surface area contributed by atoms with Crippen molar-refractivity contribution in [3.8, 4) is 0 Å². The fourth-order valence-corrected chi connectivity index (χ4v) is 3.36. The first kappa shape index (κ1) is 15.3. The zero-order valence-electron chi connectivity index (χ0n) is 13.2. The van der Waals surface area contributed by atoms with Crippen LogP contribution in [0.1, 0.15) is 66.2 Å². The lowest BCUT2D eigenvalue weighted by Gasteiger charge is -2.43. The number of rotatable bonds is 9. The highest BCUT2D eigenvalue weighted by Crippen LogP contribution is 2.39. The summed E-state index contributed by atoms with van der Waals surface area (Å²) in [5.74, 6) is 1.64. The van der Waals surface area contributed by atoms with Crippen molar-refractivity contribution in [1.82, 2.24) is 10.9 Å². The SMILES string of the molecule is CC(C)CC1(CCCC(C)CCC2(C)NN2)COC1. The van der Waals surface area contributed by atoms with Crippen LogP contribution in [0.15, 0.2) is 0 Å². The van der Waals surface area contributed by atoms with Gasteiger partial charge in [-0.3, -0.25) is 0 Å². The van der Waals surface area contributed by atoms with Crippen molar-refractivity contribution in [2.45, 2.75) is 71.9 Å². The lowest BCUT2D eigenvalue weighted by atomic mass is 9.74. The van der Waals surface area contributed by atoms with Crippen molar-refractivity contribution in [3.05, 3.63) is 0 Å². The molecule has 19 heavy (non-hydrogen) atoms. The molecule has 0 aliphatic carbocycles.